The summed E-state index contributed by atoms with van der Waals surface area (Å²) in [6.45, 7) is 5.35. The topological polar surface area (TPSA) is 41.1 Å². The van der Waals surface area contributed by atoms with Gasteiger partial charge in [0, 0.05) is 19.0 Å². The number of nitrogens with one attached hydrogen (secondary N) is 2. The van der Waals surface area contributed by atoms with Crippen molar-refractivity contribution in [3.05, 3.63) is 0 Å². The van der Waals surface area contributed by atoms with Crippen LogP contribution in [-0.4, -0.2) is 25.5 Å². The van der Waals surface area contributed by atoms with Gasteiger partial charge in [-0.2, -0.15) is 0 Å². The molecule has 0 saturated heterocycles. The molecule has 1 rings (SSSR count). The first-order valence-corrected chi connectivity index (χ1v) is 6.57. The summed E-state index contributed by atoms with van der Waals surface area (Å²) in [5, 5.41) is 6.16. The van der Waals surface area contributed by atoms with E-state index in [-0.39, 0.29) is 5.91 Å². The van der Waals surface area contributed by atoms with Gasteiger partial charge in [0.2, 0.25) is 5.91 Å². The largest absolute Gasteiger partial charge is 0.353 e. The highest BCUT2D eigenvalue weighted by Crippen LogP contribution is 2.29. The Morgan fingerprint density at radius 3 is 2.75 bits per heavy atom. The molecule has 0 aromatic heterocycles. The summed E-state index contributed by atoms with van der Waals surface area (Å²) >= 11 is 0. The fraction of sp³-hybridized carbons (Fsp3) is 0.923. The molecule has 1 amide bonds. The van der Waals surface area contributed by atoms with Crippen molar-refractivity contribution in [3.8, 4) is 0 Å². The molecule has 2 unspecified atom stereocenters. The molecular weight excluding hydrogens is 200 g/mol. The fourth-order valence-corrected chi connectivity index (χ4v) is 2.50. The Kier molecular flexibility index (Phi) is 5.81. The third-order valence-corrected chi connectivity index (χ3v) is 3.62. The van der Waals surface area contributed by atoms with Gasteiger partial charge in [-0.05, 0) is 31.7 Å². The molecule has 3 nitrogen and oxygen atoms in total. The van der Waals surface area contributed by atoms with E-state index in [1.54, 1.807) is 0 Å². The van der Waals surface area contributed by atoms with Gasteiger partial charge in [0.05, 0.1) is 0 Å². The summed E-state index contributed by atoms with van der Waals surface area (Å²) in [5.41, 5.74) is 0. The second-order valence-electron chi connectivity index (χ2n) is 5.29. The molecule has 16 heavy (non-hydrogen) atoms. The van der Waals surface area contributed by atoms with Gasteiger partial charge in [-0.25, -0.2) is 0 Å². The Balaban J connectivity index is 2.28. The maximum Gasteiger partial charge on any atom is 0.221 e. The summed E-state index contributed by atoms with van der Waals surface area (Å²) in [4.78, 5) is 11.6. The van der Waals surface area contributed by atoms with Crippen LogP contribution in [0.2, 0.25) is 0 Å². The van der Waals surface area contributed by atoms with Crippen molar-refractivity contribution in [1.82, 2.24) is 10.6 Å². The first kappa shape index (κ1) is 13.5. The van der Waals surface area contributed by atoms with Crippen molar-refractivity contribution < 1.29 is 4.79 Å². The van der Waals surface area contributed by atoms with Crippen LogP contribution in [0.3, 0.4) is 0 Å². The minimum absolute atomic E-state index is 0.198. The van der Waals surface area contributed by atoms with Crippen LogP contribution in [0.15, 0.2) is 0 Å². The van der Waals surface area contributed by atoms with E-state index in [0.29, 0.717) is 12.5 Å². The fourth-order valence-electron chi connectivity index (χ4n) is 2.50. The lowest BCUT2D eigenvalue weighted by Gasteiger charge is -2.32. The molecule has 0 aromatic carbocycles. The summed E-state index contributed by atoms with van der Waals surface area (Å²) in [6.07, 6.45) is 5.52. The van der Waals surface area contributed by atoms with E-state index in [2.05, 4.69) is 24.5 Å². The summed E-state index contributed by atoms with van der Waals surface area (Å²) in [7, 11) is 1.88. The van der Waals surface area contributed by atoms with Gasteiger partial charge >= 0.3 is 0 Å². The van der Waals surface area contributed by atoms with E-state index in [1.807, 2.05) is 7.05 Å². The van der Waals surface area contributed by atoms with Gasteiger partial charge in [-0.15, -0.1) is 0 Å². The van der Waals surface area contributed by atoms with Crippen LogP contribution in [0.1, 0.15) is 46.0 Å². The molecule has 0 spiro atoms. The minimum Gasteiger partial charge on any atom is -0.353 e. The van der Waals surface area contributed by atoms with Crippen molar-refractivity contribution in [1.29, 1.82) is 0 Å². The van der Waals surface area contributed by atoms with E-state index in [4.69, 9.17) is 0 Å². The molecule has 0 bridgehead atoms. The molecule has 0 radical (unpaired) electrons. The van der Waals surface area contributed by atoms with Crippen molar-refractivity contribution in [2.75, 3.05) is 13.6 Å². The lowest BCUT2D eigenvalue weighted by Crippen LogP contribution is -2.40. The first-order chi connectivity index (χ1) is 7.63. The zero-order valence-corrected chi connectivity index (χ0v) is 10.9. The molecule has 94 valence electrons. The SMILES string of the molecule is CNCCC(=O)NC1CCCC(C(C)C)C1. The Labute approximate surface area is 99.4 Å². The molecule has 0 aromatic rings. The molecule has 2 N–H and O–H groups in total. The van der Waals surface area contributed by atoms with Gasteiger partial charge < -0.3 is 10.6 Å². The number of amides is 1. The van der Waals surface area contributed by atoms with Crippen LogP contribution < -0.4 is 10.6 Å². The van der Waals surface area contributed by atoms with E-state index < -0.39 is 0 Å². The highest BCUT2D eigenvalue weighted by atomic mass is 16.1. The predicted molar refractivity (Wildman–Crippen MR) is 67.3 cm³/mol. The summed E-state index contributed by atoms with van der Waals surface area (Å²) in [5.74, 6) is 1.74. The van der Waals surface area contributed by atoms with Crippen molar-refractivity contribution in [2.45, 2.75) is 52.0 Å². The molecule has 0 heterocycles. The molecule has 1 aliphatic rings. The van der Waals surface area contributed by atoms with Crippen LogP contribution in [0.25, 0.3) is 0 Å². The summed E-state index contributed by atoms with van der Waals surface area (Å²) in [6, 6.07) is 0.422. The molecule has 1 aliphatic carbocycles. The number of carbonyl (C=O) groups excluding carboxylic acids is 1. The molecule has 1 fully saturated rings. The lowest BCUT2D eigenvalue weighted by molar-refractivity contribution is -0.122. The van der Waals surface area contributed by atoms with Crippen molar-refractivity contribution in [2.24, 2.45) is 11.8 Å². The van der Waals surface area contributed by atoms with Gasteiger partial charge in [-0.1, -0.05) is 26.7 Å². The molecule has 2 atom stereocenters. The van der Waals surface area contributed by atoms with Gasteiger partial charge in [-0.3, -0.25) is 4.79 Å². The van der Waals surface area contributed by atoms with E-state index in [1.165, 1.54) is 19.3 Å². The Morgan fingerprint density at radius 2 is 2.12 bits per heavy atom. The second kappa shape index (κ2) is 6.89. The standard InChI is InChI=1S/C13H26N2O/c1-10(2)11-5-4-6-12(9-11)15-13(16)7-8-14-3/h10-12,14H,4-9H2,1-3H3,(H,15,16). The zero-order valence-electron chi connectivity index (χ0n) is 10.9. The Hall–Kier alpha value is -0.570. The molecule has 1 saturated carbocycles. The van der Waals surface area contributed by atoms with E-state index >= 15 is 0 Å². The Morgan fingerprint density at radius 1 is 1.38 bits per heavy atom. The molecular formula is C13H26N2O. The Bertz CT molecular complexity index is 216. The predicted octanol–water partition coefficient (Wildman–Crippen LogP) is 1.93. The normalized spacial score (nSPS) is 25.8. The van der Waals surface area contributed by atoms with Gasteiger partial charge in [0.15, 0.2) is 0 Å². The molecule has 3 heteroatoms. The van der Waals surface area contributed by atoms with E-state index in [9.17, 15) is 4.79 Å². The first-order valence-electron chi connectivity index (χ1n) is 6.57. The zero-order chi connectivity index (χ0) is 12.0. The maximum absolute atomic E-state index is 11.6. The number of hydrogen-bond acceptors (Lipinski definition) is 2. The van der Waals surface area contributed by atoms with Crippen molar-refractivity contribution in [3.63, 3.8) is 0 Å². The lowest BCUT2D eigenvalue weighted by atomic mass is 9.79. The number of rotatable bonds is 5. The van der Waals surface area contributed by atoms with Crippen LogP contribution in [0.4, 0.5) is 0 Å². The highest BCUT2D eigenvalue weighted by molar-refractivity contribution is 5.76. The average molecular weight is 226 g/mol. The number of hydrogen-bond donors (Lipinski definition) is 2. The van der Waals surface area contributed by atoms with Crippen LogP contribution in [0, 0.1) is 11.8 Å². The summed E-state index contributed by atoms with van der Waals surface area (Å²) < 4.78 is 0. The third-order valence-electron chi connectivity index (χ3n) is 3.62. The smallest absolute Gasteiger partial charge is 0.221 e. The van der Waals surface area contributed by atoms with Crippen LogP contribution in [-0.2, 0) is 4.79 Å². The third kappa shape index (κ3) is 4.52. The monoisotopic (exact) mass is 226 g/mol. The quantitative estimate of drug-likeness (QED) is 0.752. The molecule has 0 aliphatic heterocycles. The second-order valence-corrected chi connectivity index (χ2v) is 5.29. The van der Waals surface area contributed by atoms with Gasteiger partial charge in [0.25, 0.3) is 0 Å². The maximum atomic E-state index is 11.6. The van der Waals surface area contributed by atoms with Crippen LogP contribution >= 0.6 is 0 Å². The average Bonchev–Trinajstić information content (AvgIpc) is 2.26. The highest BCUT2D eigenvalue weighted by Gasteiger charge is 2.24. The van der Waals surface area contributed by atoms with Crippen molar-refractivity contribution >= 4 is 5.91 Å². The number of carbonyl (C=O) groups is 1. The van der Waals surface area contributed by atoms with Crippen LogP contribution in [0.5, 0.6) is 0 Å². The van der Waals surface area contributed by atoms with Gasteiger partial charge in [0.1, 0.15) is 0 Å². The van der Waals surface area contributed by atoms with E-state index in [0.717, 1.165) is 24.8 Å². The minimum atomic E-state index is 0.198.